The van der Waals surface area contributed by atoms with E-state index in [9.17, 15) is 0 Å². The first kappa shape index (κ1) is 12.4. The van der Waals surface area contributed by atoms with Crippen LogP contribution >= 0.6 is 0 Å². The lowest BCUT2D eigenvalue weighted by atomic mass is 10.2. The van der Waals surface area contributed by atoms with Gasteiger partial charge in [-0.2, -0.15) is 0 Å². The molecule has 94 valence electrons. The highest BCUT2D eigenvalue weighted by Gasteiger charge is 2.11. The van der Waals surface area contributed by atoms with E-state index in [1.165, 1.54) is 30.5 Å². The molecule has 2 rings (SSSR count). The van der Waals surface area contributed by atoms with Crippen molar-refractivity contribution in [3.63, 3.8) is 0 Å². The number of fused-ring (bicyclic) bond motifs is 1. The summed E-state index contributed by atoms with van der Waals surface area (Å²) in [7, 11) is 0. The second-order valence-electron chi connectivity index (χ2n) is 4.72. The fraction of sp³-hybridized carbons (Fsp3) is 0.643. The van der Waals surface area contributed by atoms with Gasteiger partial charge in [0.05, 0.1) is 0 Å². The van der Waals surface area contributed by atoms with E-state index < -0.39 is 0 Å². The van der Waals surface area contributed by atoms with Crippen molar-refractivity contribution in [2.75, 3.05) is 18.5 Å². The van der Waals surface area contributed by atoms with Gasteiger partial charge in [0.1, 0.15) is 5.82 Å². The smallest absolute Gasteiger partial charge is 0.126 e. The quantitative estimate of drug-likeness (QED) is 0.713. The van der Waals surface area contributed by atoms with Gasteiger partial charge in [-0.25, -0.2) is 4.98 Å². The van der Waals surface area contributed by atoms with Crippen LogP contribution in [0, 0.1) is 0 Å². The molecular weight excluding hydrogens is 212 g/mol. The number of hydrogen-bond acceptors (Lipinski definition) is 3. The number of hydrogen-bond donors (Lipinski definition) is 2. The van der Waals surface area contributed by atoms with Gasteiger partial charge in [-0.3, -0.25) is 0 Å². The molecule has 1 heterocycles. The molecule has 0 bridgehead atoms. The number of nitrogens with zero attached hydrogens (tertiary/aromatic N) is 1. The molecule has 0 saturated carbocycles. The van der Waals surface area contributed by atoms with E-state index >= 15 is 0 Å². The lowest BCUT2D eigenvalue weighted by Gasteiger charge is -2.07. The Morgan fingerprint density at radius 3 is 2.88 bits per heavy atom. The summed E-state index contributed by atoms with van der Waals surface area (Å²) < 4.78 is 0. The van der Waals surface area contributed by atoms with Gasteiger partial charge in [-0.1, -0.05) is 18.9 Å². The fourth-order valence-electron chi connectivity index (χ4n) is 2.33. The minimum absolute atomic E-state index is 0.319. The molecule has 17 heavy (non-hydrogen) atoms. The normalized spacial score (nSPS) is 13.7. The van der Waals surface area contributed by atoms with Gasteiger partial charge in [-0.05, 0) is 43.7 Å². The summed E-state index contributed by atoms with van der Waals surface area (Å²) in [5.74, 6) is 1.02. The predicted octanol–water partition coefficient (Wildman–Crippen LogP) is 2.53. The van der Waals surface area contributed by atoms with Gasteiger partial charge in [0.15, 0.2) is 0 Å². The zero-order valence-electron chi connectivity index (χ0n) is 10.4. The molecule has 1 aliphatic carbocycles. The molecule has 1 aromatic heterocycles. The third kappa shape index (κ3) is 3.70. The number of aryl methyl sites for hydroxylation is 2. The third-order valence-electron chi connectivity index (χ3n) is 3.32. The highest BCUT2D eigenvalue weighted by atomic mass is 16.2. The molecule has 0 aromatic carbocycles. The van der Waals surface area contributed by atoms with Gasteiger partial charge in [0.25, 0.3) is 0 Å². The SMILES string of the molecule is OCCCCCCNc1ccc2c(n1)CCC2. The molecule has 0 unspecified atom stereocenters. The second-order valence-corrected chi connectivity index (χ2v) is 4.72. The molecule has 3 heteroatoms. The van der Waals surface area contributed by atoms with Crippen LogP contribution in [-0.4, -0.2) is 23.2 Å². The van der Waals surface area contributed by atoms with E-state index in [-0.39, 0.29) is 0 Å². The van der Waals surface area contributed by atoms with Gasteiger partial charge in [0, 0.05) is 18.8 Å². The van der Waals surface area contributed by atoms with Crippen LogP contribution in [0.3, 0.4) is 0 Å². The monoisotopic (exact) mass is 234 g/mol. The molecular formula is C14H22N2O. The molecule has 0 radical (unpaired) electrons. The van der Waals surface area contributed by atoms with Crippen molar-refractivity contribution in [3.8, 4) is 0 Å². The maximum absolute atomic E-state index is 8.66. The molecule has 0 saturated heterocycles. The Morgan fingerprint density at radius 1 is 1.12 bits per heavy atom. The fourth-order valence-corrected chi connectivity index (χ4v) is 2.33. The molecule has 2 N–H and O–H groups in total. The Kier molecular flexibility index (Phi) is 4.80. The summed E-state index contributed by atoms with van der Waals surface area (Å²) in [6.45, 7) is 1.30. The number of aromatic nitrogens is 1. The number of unbranched alkanes of at least 4 members (excludes halogenated alkanes) is 3. The number of pyridine rings is 1. The topological polar surface area (TPSA) is 45.1 Å². The van der Waals surface area contributed by atoms with Crippen molar-refractivity contribution < 1.29 is 5.11 Å². The number of aliphatic hydroxyl groups excluding tert-OH is 1. The van der Waals surface area contributed by atoms with Gasteiger partial charge >= 0.3 is 0 Å². The molecule has 0 aliphatic heterocycles. The Hall–Kier alpha value is -1.09. The predicted molar refractivity (Wildman–Crippen MR) is 70.3 cm³/mol. The molecule has 1 aliphatic rings. The minimum Gasteiger partial charge on any atom is -0.396 e. The summed E-state index contributed by atoms with van der Waals surface area (Å²) in [5, 5.41) is 12.0. The molecule has 0 fully saturated rings. The molecule has 0 amide bonds. The first-order valence-electron chi connectivity index (χ1n) is 6.73. The van der Waals surface area contributed by atoms with Crippen LogP contribution in [0.1, 0.15) is 43.4 Å². The zero-order valence-corrected chi connectivity index (χ0v) is 10.4. The van der Waals surface area contributed by atoms with Crippen LogP contribution in [0.4, 0.5) is 5.82 Å². The van der Waals surface area contributed by atoms with Crippen molar-refractivity contribution in [2.24, 2.45) is 0 Å². The average molecular weight is 234 g/mol. The van der Waals surface area contributed by atoms with E-state index in [4.69, 9.17) is 5.11 Å². The van der Waals surface area contributed by atoms with Gasteiger partial charge in [-0.15, -0.1) is 0 Å². The number of anilines is 1. The first-order valence-corrected chi connectivity index (χ1v) is 6.73. The van der Waals surface area contributed by atoms with Crippen LogP contribution in [-0.2, 0) is 12.8 Å². The molecule has 3 nitrogen and oxygen atoms in total. The summed E-state index contributed by atoms with van der Waals surface area (Å²) >= 11 is 0. The number of nitrogens with one attached hydrogen (secondary N) is 1. The van der Waals surface area contributed by atoms with Crippen molar-refractivity contribution in [3.05, 3.63) is 23.4 Å². The van der Waals surface area contributed by atoms with Crippen molar-refractivity contribution >= 4 is 5.82 Å². The van der Waals surface area contributed by atoms with Crippen LogP contribution < -0.4 is 5.32 Å². The lowest BCUT2D eigenvalue weighted by Crippen LogP contribution is -2.04. The Labute approximate surface area is 103 Å². The van der Waals surface area contributed by atoms with E-state index in [0.29, 0.717) is 6.61 Å². The van der Waals surface area contributed by atoms with Crippen LogP contribution in [0.5, 0.6) is 0 Å². The van der Waals surface area contributed by atoms with Crippen molar-refractivity contribution in [1.82, 2.24) is 4.98 Å². The van der Waals surface area contributed by atoms with Crippen molar-refractivity contribution in [1.29, 1.82) is 0 Å². The van der Waals surface area contributed by atoms with Gasteiger partial charge in [0.2, 0.25) is 0 Å². The Morgan fingerprint density at radius 2 is 2.00 bits per heavy atom. The Bertz CT molecular complexity index is 352. The highest BCUT2D eigenvalue weighted by molar-refractivity contribution is 5.40. The summed E-state index contributed by atoms with van der Waals surface area (Å²) in [6, 6.07) is 4.31. The van der Waals surface area contributed by atoms with E-state index in [1.54, 1.807) is 0 Å². The number of rotatable bonds is 7. The second kappa shape index (κ2) is 6.60. The first-order chi connectivity index (χ1) is 8.40. The molecule has 1 aromatic rings. The maximum atomic E-state index is 8.66. The molecule has 0 atom stereocenters. The summed E-state index contributed by atoms with van der Waals surface area (Å²) in [5.41, 5.74) is 2.72. The Balaban J connectivity index is 1.69. The van der Waals surface area contributed by atoms with E-state index in [1.807, 2.05) is 0 Å². The van der Waals surface area contributed by atoms with Gasteiger partial charge < -0.3 is 10.4 Å². The standard InChI is InChI=1S/C14H22N2O/c17-11-4-2-1-3-10-15-14-9-8-12-6-5-7-13(12)16-14/h8-9,17H,1-7,10-11H2,(H,15,16). The summed E-state index contributed by atoms with van der Waals surface area (Å²) in [6.07, 6.45) is 7.97. The maximum Gasteiger partial charge on any atom is 0.126 e. The number of aliphatic hydroxyl groups is 1. The van der Waals surface area contributed by atoms with E-state index in [0.717, 1.165) is 38.0 Å². The summed E-state index contributed by atoms with van der Waals surface area (Å²) in [4.78, 5) is 4.64. The average Bonchev–Trinajstić information content (AvgIpc) is 2.81. The largest absolute Gasteiger partial charge is 0.396 e. The van der Waals surface area contributed by atoms with Crippen LogP contribution in [0.2, 0.25) is 0 Å². The lowest BCUT2D eigenvalue weighted by molar-refractivity contribution is 0.283. The minimum atomic E-state index is 0.319. The zero-order chi connectivity index (χ0) is 11.9. The van der Waals surface area contributed by atoms with E-state index in [2.05, 4.69) is 22.4 Å². The highest BCUT2D eigenvalue weighted by Crippen LogP contribution is 2.21. The van der Waals surface area contributed by atoms with Crippen LogP contribution in [0.25, 0.3) is 0 Å². The molecule has 0 spiro atoms. The third-order valence-corrected chi connectivity index (χ3v) is 3.32. The van der Waals surface area contributed by atoms with Crippen LogP contribution in [0.15, 0.2) is 12.1 Å². The van der Waals surface area contributed by atoms with Crippen molar-refractivity contribution in [2.45, 2.75) is 44.9 Å².